The van der Waals surface area contributed by atoms with Gasteiger partial charge in [-0.25, -0.2) is 0 Å². The molecule has 1 unspecified atom stereocenters. The molecule has 0 bridgehead atoms. The van der Waals surface area contributed by atoms with Crippen molar-refractivity contribution in [3.05, 3.63) is 16.4 Å². The van der Waals surface area contributed by atoms with Gasteiger partial charge >= 0.3 is 0 Å². The Morgan fingerprint density at radius 2 is 2.19 bits per heavy atom. The molecule has 0 aromatic carbocycles. The van der Waals surface area contributed by atoms with Crippen molar-refractivity contribution >= 4 is 17.4 Å². The lowest BCUT2D eigenvalue weighted by atomic mass is 10.1. The summed E-state index contributed by atoms with van der Waals surface area (Å²) in [6.07, 6.45) is 1.03. The molecule has 2 N–H and O–H groups in total. The van der Waals surface area contributed by atoms with E-state index in [4.69, 9.17) is 17.3 Å². The minimum Gasteiger partial charge on any atom is -0.322 e. The van der Waals surface area contributed by atoms with Gasteiger partial charge in [-0.2, -0.15) is 5.10 Å². The molecule has 0 saturated carbocycles. The van der Waals surface area contributed by atoms with E-state index in [2.05, 4.69) is 5.10 Å². The molecule has 1 aromatic rings. The van der Waals surface area contributed by atoms with Crippen LogP contribution in [-0.4, -0.2) is 21.6 Å². The van der Waals surface area contributed by atoms with Crippen molar-refractivity contribution in [3.8, 4) is 0 Å². The molecule has 5 heteroatoms. The number of Topliss-reactive ketones (excluding diaryl/α,β-unsaturated/α-hetero) is 1. The Kier molecular flexibility index (Phi) is 4.50. The highest BCUT2D eigenvalue weighted by Crippen LogP contribution is 2.22. The summed E-state index contributed by atoms with van der Waals surface area (Å²) in [6, 6.07) is -0.457. The largest absolute Gasteiger partial charge is 0.322 e. The van der Waals surface area contributed by atoms with Crippen LogP contribution in [0.1, 0.15) is 32.2 Å². The van der Waals surface area contributed by atoms with E-state index in [1.807, 2.05) is 13.8 Å². The summed E-state index contributed by atoms with van der Waals surface area (Å²) in [7, 11) is 0. The fourth-order valence-electron chi connectivity index (χ4n) is 1.51. The van der Waals surface area contributed by atoms with Gasteiger partial charge in [0.15, 0.2) is 5.78 Å². The fraction of sp³-hybridized carbons (Fsp3) is 0.636. The number of nitrogens with zero attached hydrogens (tertiary/aromatic N) is 2. The first-order chi connectivity index (χ1) is 7.51. The van der Waals surface area contributed by atoms with Gasteiger partial charge in [-0.15, -0.1) is 0 Å². The van der Waals surface area contributed by atoms with Gasteiger partial charge < -0.3 is 5.73 Å². The summed E-state index contributed by atoms with van der Waals surface area (Å²) < 4.78 is 1.78. The van der Waals surface area contributed by atoms with E-state index in [0.29, 0.717) is 11.6 Å². The highest BCUT2D eigenvalue weighted by atomic mass is 35.5. The van der Waals surface area contributed by atoms with Crippen molar-refractivity contribution in [1.29, 1.82) is 0 Å². The molecule has 0 aliphatic rings. The standard InChI is InChI=1S/C11H18ClN3O/c1-4-8-11(12)9(15(5-2)14-8)6-10(16)7(3)13/h7H,4-6,13H2,1-3H3. The maximum Gasteiger partial charge on any atom is 0.155 e. The van der Waals surface area contributed by atoms with Crippen LogP contribution < -0.4 is 5.73 Å². The van der Waals surface area contributed by atoms with Crippen LogP contribution in [0.4, 0.5) is 0 Å². The van der Waals surface area contributed by atoms with Crippen molar-refractivity contribution in [1.82, 2.24) is 9.78 Å². The molecule has 1 atom stereocenters. The molecule has 1 heterocycles. The van der Waals surface area contributed by atoms with E-state index in [1.54, 1.807) is 11.6 Å². The molecule has 90 valence electrons. The third kappa shape index (κ3) is 2.62. The summed E-state index contributed by atoms with van der Waals surface area (Å²) in [6.45, 7) is 6.36. The number of hydrogen-bond acceptors (Lipinski definition) is 3. The van der Waals surface area contributed by atoms with Crippen LogP contribution in [0.2, 0.25) is 5.02 Å². The van der Waals surface area contributed by atoms with Crippen LogP contribution in [0.25, 0.3) is 0 Å². The van der Waals surface area contributed by atoms with Gasteiger partial charge in [-0.3, -0.25) is 9.48 Å². The van der Waals surface area contributed by atoms with E-state index in [0.717, 1.165) is 17.8 Å². The number of aromatic nitrogens is 2. The molecular formula is C11H18ClN3O. The first-order valence-corrected chi connectivity index (χ1v) is 5.91. The van der Waals surface area contributed by atoms with Crippen LogP contribution in [-0.2, 0) is 24.2 Å². The van der Waals surface area contributed by atoms with Crippen LogP contribution >= 0.6 is 11.6 Å². The summed E-state index contributed by atoms with van der Waals surface area (Å²) in [4.78, 5) is 11.6. The lowest BCUT2D eigenvalue weighted by Crippen LogP contribution is -2.29. The van der Waals surface area contributed by atoms with Crippen LogP contribution in [0.15, 0.2) is 0 Å². The second kappa shape index (κ2) is 5.46. The van der Waals surface area contributed by atoms with E-state index in [9.17, 15) is 4.79 Å². The summed E-state index contributed by atoms with van der Waals surface area (Å²) in [5, 5.41) is 4.96. The molecule has 1 rings (SSSR count). The van der Waals surface area contributed by atoms with Gasteiger partial charge in [0.05, 0.1) is 28.9 Å². The predicted octanol–water partition coefficient (Wildman–Crippen LogP) is 1.58. The Hall–Kier alpha value is -0.870. The molecule has 4 nitrogen and oxygen atoms in total. The Bertz CT molecular complexity index is 385. The number of aryl methyl sites for hydroxylation is 2. The molecule has 0 aliphatic heterocycles. The first-order valence-electron chi connectivity index (χ1n) is 5.53. The Labute approximate surface area is 101 Å². The quantitative estimate of drug-likeness (QED) is 0.854. The Morgan fingerprint density at radius 3 is 2.62 bits per heavy atom. The Balaban J connectivity index is 3.02. The van der Waals surface area contributed by atoms with Crippen molar-refractivity contribution < 1.29 is 4.79 Å². The second-order valence-electron chi connectivity index (χ2n) is 3.81. The van der Waals surface area contributed by atoms with E-state index >= 15 is 0 Å². The highest BCUT2D eigenvalue weighted by molar-refractivity contribution is 6.32. The lowest BCUT2D eigenvalue weighted by Gasteiger charge is -2.06. The first kappa shape index (κ1) is 13.2. The third-order valence-corrected chi connectivity index (χ3v) is 2.98. The molecule has 0 fully saturated rings. The second-order valence-corrected chi connectivity index (χ2v) is 4.19. The molecule has 0 aliphatic carbocycles. The van der Waals surface area contributed by atoms with E-state index in [-0.39, 0.29) is 12.2 Å². The lowest BCUT2D eigenvalue weighted by molar-refractivity contribution is -0.119. The average molecular weight is 244 g/mol. The van der Waals surface area contributed by atoms with Crippen molar-refractivity contribution in [2.75, 3.05) is 0 Å². The smallest absolute Gasteiger partial charge is 0.155 e. The van der Waals surface area contributed by atoms with E-state index < -0.39 is 6.04 Å². The van der Waals surface area contributed by atoms with Gasteiger partial charge in [0.25, 0.3) is 0 Å². The number of carbonyl (C=O) groups is 1. The van der Waals surface area contributed by atoms with Crippen LogP contribution in [0.3, 0.4) is 0 Å². The molecule has 16 heavy (non-hydrogen) atoms. The van der Waals surface area contributed by atoms with Crippen molar-refractivity contribution in [2.45, 2.75) is 46.2 Å². The van der Waals surface area contributed by atoms with Gasteiger partial charge in [-0.1, -0.05) is 18.5 Å². The third-order valence-electron chi connectivity index (χ3n) is 2.54. The van der Waals surface area contributed by atoms with Gasteiger partial charge in [0, 0.05) is 6.54 Å². The number of carbonyl (C=O) groups excluding carboxylic acids is 1. The van der Waals surface area contributed by atoms with Crippen molar-refractivity contribution in [2.24, 2.45) is 5.73 Å². The summed E-state index contributed by atoms with van der Waals surface area (Å²) in [5.74, 6) is -0.0147. The zero-order chi connectivity index (χ0) is 12.3. The predicted molar refractivity (Wildman–Crippen MR) is 64.6 cm³/mol. The number of ketones is 1. The fourth-order valence-corrected chi connectivity index (χ4v) is 1.85. The van der Waals surface area contributed by atoms with Gasteiger partial charge in [-0.05, 0) is 20.3 Å². The molecular weight excluding hydrogens is 226 g/mol. The summed E-state index contributed by atoms with van der Waals surface area (Å²) >= 11 is 6.18. The Morgan fingerprint density at radius 1 is 1.56 bits per heavy atom. The molecule has 0 amide bonds. The monoisotopic (exact) mass is 243 g/mol. The van der Waals surface area contributed by atoms with E-state index in [1.165, 1.54) is 0 Å². The van der Waals surface area contributed by atoms with Crippen LogP contribution in [0, 0.1) is 0 Å². The highest BCUT2D eigenvalue weighted by Gasteiger charge is 2.18. The number of hydrogen-bond donors (Lipinski definition) is 1. The van der Waals surface area contributed by atoms with Crippen LogP contribution in [0.5, 0.6) is 0 Å². The molecule has 0 saturated heterocycles. The number of nitrogens with two attached hydrogens (primary N) is 1. The maximum absolute atomic E-state index is 11.6. The number of rotatable bonds is 5. The van der Waals surface area contributed by atoms with Gasteiger partial charge in [0.2, 0.25) is 0 Å². The summed E-state index contributed by atoms with van der Waals surface area (Å²) in [5.41, 5.74) is 7.17. The minimum atomic E-state index is -0.457. The average Bonchev–Trinajstić information content (AvgIpc) is 2.55. The van der Waals surface area contributed by atoms with Gasteiger partial charge in [0.1, 0.15) is 0 Å². The van der Waals surface area contributed by atoms with Crippen molar-refractivity contribution in [3.63, 3.8) is 0 Å². The zero-order valence-electron chi connectivity index (χ0n) is 9.96. The number of halogens is 1. The SMILES string of the molecule is CCc1nn(CC)c(CC(=O)C(C)N)c1Cl. The normalized spacial score (nSPS) is 12.8. The molecule has 0 radical (unpaired) electrons. The topological polar surface area (TPSA) is 60.9 Å². The zero-order valence-corrected chi connectivity index (χ0v) is 10.7. The minimum absolute atomic E-state index is 0.0147. The molecule has 1 aromatic heterocycles. The molecule has 0 spiro atoms. The maximum atomic E-state index is 11.6.